The fourth-order valence-corrected chi connectivity index (χ4v) is 5.02. The molecule has 0 spiro atoms. The summed E-state index contributed by atoms with van der Waals surface area (Å²) < 4.78 is 0. The second kappa shape index (κ2) is 11.2. The number of likely N-dealkylation sites (tertiary alicyclic amines) is 1. The van der Waals surface area contributed by atoms with Gasteiger partial charge in [-0.2, -0.15) is 5.26 Å². The number of nitrogens with zero attached hydrogens (tertiary/aromatic N) is 3. The van der Waals surface area contributed by atoms with Crippen LogP contribution >= 0.6 is 0 Å². The Kier molecular flexibility index (Phi) is 7.80. The fourth-order valence-electron chi connectivity index (χ4n) is 5.02. The van der Waals surface area contributed by atoms with Gasteiger partial charge < -0.3 is 5.11 Å². The molecule has 0 radical (unpaired) electrons. The number of rotatable bonds is 9. The number of fused-ring (bicyclic) bond motifs is 1. The van der Waals surface area contributed by atoms with Gasteiger partial charge in [-0.15, -0.1) is 6.42 Å². The minimum atomic E-state index is -0.757. The van der Waals surface area contributed by atoms with Crippen LogP contribution < -0.4 is 5.32 Å². The van der Waals surface area contributed by atoms with Gasteiger partial charge in [0.25, 0.3) is 0 Å². The molecule has 2 aromatic carbocycles. The molecule has 0 aliphatic carbocycles. The van der Waals surface area contributed by atoms with E-state index in [1.165, 1.54) is 5.56 Å². The van der Waals surface area contributed by atoms with Gasteiger partial charge in [0.1, 0.15) is 16.8 Å². The smallest absolute Gasteiger partial charge is 0.141 e. The highest BCUT2D eigenvalue weighted by atomic mass is 16.3. The van der Waals surface area contributed by atoms with Crippen LogP contribution in [0.25, 0.3) is 10.9 Å². The van der Waals surface area contributed by atoms with Gasteiger partial charge in [0, 0.05) is 24.5 Å². The first-order chi connectivity index (χ1) is 16.6. The molecule has 3 aromatic rings. The van der Waals surface area contributed by atoms with Gasteiger partial charge >= 0.3 is 0 Å². The van der Waals surface area contributed by atoms with Gasteiger partial charge in [0.15, 0.2) is 0 Å². The maximum Gasteiger partial charge on any atom is 0.141 e. The van der Waals surface area contributed by atoms with E-state index in [1.54, 1.807) is 12.3 Å². The van der Waals surface area contributed by atoms with E-state index in [0.29, 0.717) is 24.4 Å². The van der Waals surface area contributed by atoms with Gasteiger partial charge in [-0.05, 0) is 68.0 Å². The normalized spacial score (nSPS) is 16.5. The first kappa shape index (κ1) is 23.8. The molecule has 2 N–H and O–H groups in total. The molecule has 1 fully saturated rings. The molecule has 4 rings (SSSR count). The summed E-state index contributed by atoms with van der Waals surface area (Å²) in [5.41, 5.74) is 2.16. The zero-order chi connectivity index (χ0) is 23.8. The monoisotopic (exact) mass is 452 g/mol. The molecule has 5 heteroatoms. The highest BCUT2D eigenvalue weighted by Crippen LogP contribution is 2.31. The number of benzene rings is 2. The number of hydrogen-bond acceptors (Lipinski definition) is 5. The van der Waals surface area contributed by atoms with Crippen LogP contribution in [0.2, 0.25) is 0 Å². The maximum absolute atomic E-state index is 10.3. The Morgan fingerprint density at radius 1 is 1.12 bits per heavy atom. The van der Waals surface area contributed by atoms with Gasteiger partial charge in [-0.1, -0.05) is 48.4 Å². The molecule has 2 heterocycles. The summed E-state index contributed by atoms with van der Waals surface area (Å²) in [5.74, 6) is 3.39. The lowest BCUT2D eigenvalue weighted by atomic mass is 9.81. The first-order valence-corrected chi connectivity index (χ1v) is 12.0. The molecular formula is C29H32N4O. The van der Waals surface area contributed by atoms with E-state index < -0.39 is 5.54 Å². The predicted molar refractivity (Wildman–Crippen MR) is 136 cm³/mol. The largest absolute Gasteiger partial charge is 0.506 e. The van der Waals surface area contributed by atoms with Crippen molar-refractivity contribution >= 4 is 10.9 Å². The lowest BCUT2D eigenvalue weighted by Crippen LogP contribution is -2.47. The van der Waals surface area contributed by atoms with Crippen molar-refractivity contribution in [3.8, 4) is 24.2 Å². The van der Waals surface area contributed by atoms with Gasteiger partial charge in [-0.25, -0.2) is 0 Å². The standard InChI is InChI=1S/C29H32N4O/c1-2-16-32-29(22-30,20-25-10-11-27(34)28-26(25)9-6-17-31-28)15-12-23-13-18-33(19-14-23)21-24-7-4-3-5-8-24/h1,3-11,17,23,32,34H,12-16,18-21H2. The average molecular weight is 453 g/mol. The topological polar surface area (TPSA) is 72.2 Å². The summed E-state index contributed by atoms with van der Waals surface area (Å²) in [4.78, 5) is 6.85. The van der Waals surface area contributed by atoms with Crippen molar-refractivity contribution in [2.45, 2.75) is 44.2 Å². The molecule has 5 nitrogen and oxygen atoms in total. The summed E-state index contributed by atoms with van der Waals surface area (Å²) in [7, 11) is 0. The lowest BCUT2D eigenvalue weighted by molar-refractivity contribution is 0.165. The Morgan fingerprint density at radius 2 is 1.91 bits per heavy atom. The minimum absolute atomic E-state index is 0.153. The molecule has 1 aromatic heterocycles. The number of hydrogen-bond donors (Lipinski definition) is 2. The molecule has 34 heavy (non-hydrogen) atoms. The second-order valence-electron chi connectivity index (χ2n) is 9.32. The zero-order valence-corrected chi connectivity index (χ0v) is 19.6. The van der Waals surface area contributed by atoms with Crippen molar-refractivity contribution in [2.75, 3.05) is 19.6 Å². The Balaban J connectivity index is 1.42. The number of aromatic hydroxyl groups is 1. The van der Waals surface area contributed by atoms with Crippen LogP contribution in [0, 0.1) is 29.6 Å². The number of phenolic OH excluding ortho intramolecular Hbond substituents is 1. The molecule has 0 amide bonds. The fraction of sp³-hybridized carbons (Fsp3) is 0.379. The third-order valence-corrected chi connectivity index (χ3v) is 7.01. The summed E-state index contributed by atoms with van der Waals surface area (Å²) in [6, 6.07) is 20.6. The van der Waals surface area contributed by atoms with E-state index in [9.17, 15) is 10.4 Å². The van der Waals surface area contributed by atoms with E-state index >= 15 is 0 Å². The number of aromatic nitrogens is 1. The second-order valence-corrected chi connectivity index (χ2v) is 9.32. The highest BCUT2D eigenvalue weighted by Gasteiger charge is 2.32. The van der Waals surface area contributed by atoms with Crippen LogP contribution in [0.3, 0.4) is 0 Å². The Hall–Kier alpha value is -3.38. The number of phenols is 1. The van der Waals surface area contributed by atoms with Crippen LogP contribution in [-0.2, 0) is 13.0 Å². The number of terminal acetylenes is 1. The Morgan fingerprint density at radius 3 is 2.65 bits per heavy atom. The quantitative estimate of drug-likeness (QED) is 0.462. The average Bonchev–Trinajstić information content (AvgIpc) is 2.89. The van der Waals surface area contributed by atoms with Crippen molar-refractivity contribution in [1.29, 1.82) is 5.26 Å². The van der Waals surface area contributed by atoms with E-state index in [4.69, 9.17) is 6.42 Å². The molecular weight excluding hydrogens is 420 g/mol. The van der Waals surface area contributed by atoms with Crippen molar-refractivity contribution in [1.82, 2.24) is 15.2 Å². The predicted octanol–water partition coefficient (Wildman–Crippen LogP) is 4.66. The van der Waals surface area contributed by atoms with Crippen LogP contribution in [-0.4, -0.2) is 40.2 Å². The summed E-state index contributed by atoms with van der Waals surface area (Å²) >= 11 is 0. The van der Waals surface area contributed by atoms with Gasteiger partial charge in [0.2, 0.25) is 0 Å². The third-order valence-electron chi connectivity index (χ3n) is 7.01. The van der Waals surface area contributed by atoms with E-state index in [2.05, 4.69) is 57.5 Å². The highest BCUT2D eigenvalue weighted by molar-refractivity contribution is 5.87. The maximum atomic E-state index is 10.3. The van der Waals surface area contributed by atoms with E-state index in [0.717, 1.165) is 56.3 Å². The molecule has 1 unspecified atom stereocenters. The van der Waals surface area contributed by atoms with Gasteiger partial charge in [-0.3, -0.25) is 15.2 Å². The minimum Gasteiger partial charge on any atom is -0.506 e. The zero-order valence-electron chi connectivity index (χ0n) is 19.6. The van der Waals surface area contributed by atoms with Crippen molar-refractivity contribution < 1.29 is 5.11 Å². The molecule has 1 aliphatic heterocycles. The molecule has 174 valence electrons. The Bertz CT molecular complexity index is 1170. The van der Waals surface area contributed by atoms with Crippen LogP contribution in [0.4, 0.5) is 0 Å². The molecule has 1 saturated heterocycles. The number of pyridine rings is 1. The van der Waals surface area contributed by atoms with Crippen LogP contribution in [0.15, 0.2) is 60.8 Å². The number of nitriles is 1. The molecule has 0 bridgehead atoms. The summed E-state index contributed by atoms with van der Waals surface area (Å²) in [5, 5.41) is 24.7. The van der Waals surface area contributed by atoms with Crippen molar-refractivity contribution in [3.05, 3.63) is 71.9 Å². The van der Waals surface area contributed by atoms with Crippen LogP contribution in [0.5, 0.6) is 5.75 Å². The van der Waals surface area contributed by atoms with E-state index in [-0.39, 0.29) is 5.75 Å². The first-order valence-electron chi connectivity index (χ1n) is 12.0. The molecule has 1 aliphatic rings. The lowest BCUT2D eigenvalue weighted by Gasteiger charge is -2.34. The van der Waals surface area contributed by atoms with E-state index in [1.807, 2.05) is 18.2 Å². The molecule has 1 atom stereocenters. The summed E-state index contributed by atoms with van der Waals surface area (Å²) in [6.45, 7) is 3.52. The Labute approximate surface area is 202 Å². The number of nitrogens with one attached hydrogen (secondary N) is 1. The van der Waals surface area contributed by atoms with Crippen molar-refractivity contribution in [2.24, 2.45) is 5.92 Å². The third kappa shape index (κ3) is 5.75. The van der Waals surface area contributed by atoms with Crippen molar-refractivity contribution in [3.63, 3.8) is 0 Å². The van der Waals surface area contributed by atoms with Crippen LogP contribution in [0.1, 0.15) is 36.8 Å². The molecule has 0 saturated carbocycles. The summed E-state index contributed by atoms with van der Waals surface area (Å²) in [6.07, 6.45) is 11.7. The SMILES string of the molecule is C#CCNC(C#N)(CCC1CCN(Cc2ccccc2)CC1)Cc1ccc(O)c2ncccc12. The number of piperidine rings is 1. The van der Waals surface area contributed by atoms with Gasteiger partial charge in [0.05, 0.1) is 12.6 Å².